The third-order valence-corrected chi connectivity index (χ3v) is 3.69. The molecule has 0 aromatic heterocycles. The predicted molar refractivity (Wildman–Crippen MR) is 105 cm³/mol. The summed E-state index contributed by atoms with van der Waals surface area (Å²) in [5, 5.41) is 5.60. The van der Waals surface area contributed by atoms with E-state index in [1.54, 1.807) is 0 Å². The highest BCUT2D eigenvalue weighted by molar-refractivity contribution is 5.88. The first-order valence-corrected chi connectivity index (χ1v) is 9.06. The molecular weight excluding hydrogens is 344 g/mol. The monoisotopic (exact) mass is 370 g/mol. The highest BCUT2D eigenvalue weighted by Gasteiger charge is 2.06. The smallest absolute Gasteiger partial charge is 0.221 e. The highest BCUT2D eigenvalue weighted by Crippen LogP contribution is 2.26. The van der Waals surface area contributed by atoms with Crippen molar-refractivity contribution in [3.05, 3.63) is 54.1 Å². The summed E-state index contributed by atoms with van der Waals surface area (Å²) >= 11 is 0. The lowest BCUT2D eigenvalue weighted by Gasteiger charge is -2.11. The van der Waals surface area contributed by atoms with Crippen LogP contribution in [-0.2, 0) is 16.1 Å². The van der Waals surface area contributed by atoms with E-state index in [9.17, 15) is 9.59 Å². The number of anilines is 1. The number of carbonyl (C=O) groups excluding carboxylic acids is 2. The summed E-state index contributed by atoms with van der Waals surface area (Å²) in [5.41, 5.74) is 1.65. The van der Waals surface area contributed by atoms with Crippen LogP contribution in [0.15, 0.2) is 48.5 Å². The Morgan fingerprint density at radius 2 is 1.74 bits per heavy atom. The molecule has 0 atom stereocenters. The van der Waals surface area contributed by atoms with Gasteiger partial charge in [-0.05, 0) is 43.2 Å². The van der Waals surface area contributed by atoms with Gasteiger partial charge in [-0.15, -0.1) is 0 Å². The second kappa shape index (κ2) is 10.9. The number of para-hydroxylation sites is 2. The summed E-state index contributed by atoms with van der Waals surface area (Å²) in [7, 11) is 0. The Morgan fingerprint density at radius 1 is 1.00 bits per heavy atom. The molecule has 0 saturated carbocycles. The lowest BCUT2D eigenvalue weighted by molar-refractivity contribution is -0.121. The highest BCUT2D eigenvalue weighted by atomic mass is 16.5. The standard InChI is InChI=1S/C21H26N2O4/c1-3-26-19-10-4-5-11-20(19)27-13-7-12-21(25)22-15-17-8-6-9-18(14-17)23-16(2)24/h4-6,8-11,14H,3,7,12-13,15H2,1-2H3,(H,22,25)(H,23,24). The Labute approximate surface area is 159 Å². The Bertz CT molecular complexity index is 761. The van der Waals surface area contributed by atoms with Crippen LogP contribution in [0.1, 0.15) is 32.3 Å². The summed E-state index contributed by atoms with van der Waals surface area (Å²) in [6, 6.07) is 14.9. The van der Waals surface area contributed by atoms with Gasteiger partial charge in [0.1, 0.15) is 0 Å². The van der Waals surface area contributed by atoms with Gasteiger partial charge in [0.2, 0.25) is 11.8 Å². The molecule has 0 radical (unpaired) electrons. The molecular formula is C21H26N2O4. The minimum atomic E-state index is -0.123. The molecule has 2 N–H and O–H groups in total. The van der Waals surface area contributed by atoms with Gasteiger partial charge in [0.15, 0.2) is 11.5 Å². The maximum absolute atomic E-state index is 12.0. The number of ether oxygens (including phenoxy) is 2. The fourth-order valence-electron chi connectivity index (χ4n) is 2.51. The molecule has 144 valence electrons. The fourth-order valence-corrected chi connectivity index (χ4v) is 2.51. The predicted octanol–water partition coefficient (Wildman–Crippen LogP) is 3.52. The number of nitrogens with one attached hydrogen (secondary N) is 2. The normalized spacial score (nSPS) is 10.1. The molecule has 2 aromatic rings. The van der Waals surface area contributed by atoms with Crippen molar-refractivity contribution in [3.8, 4) is 11.5 Å². The Kier molecular flexibility index (Phi) is 8.16. The van der Waals surface area contributed by atoms with Crippen LogP contribution in [0.5, 0.6) is 11.5 Å². The van der Waals surface area contributed by atoms with Gasteiger partial charge >= 0.3 is 0 Å². The van der Waals surface area contributed by atoms with Gasteiger partial charge in [0.25, 0.3) is 0 Å². The molecule has 6 heteroatoms. The van der Waals surface area contributed by atoms with Crippen molar-refractivity contribution in [3.63, 3.8) is 0 Å². The van der Waals surface area contributed by atoms with Crippen LogP contribution in [0, 0.1) is 0 Å². The van der Waals surface area contributed by atoms with E-state index in [1.165, 1.54) is 6.92 Å². The summed E-state index contributed by atoms with van der Waals surface area (Å²) in [4.78, 5) is 23.1. The molecule has 0 fully saturated rings. The number of rotatable bonds is 10. The van der Waals surface area contributed by atoms with Crippen molar-refractivity contribution in [2.45, 2.75) is 33.2 Å². The van der Waals surface area contributed by atoms with Crippen molar-refractivity contribution in [2.24, 2.45) is 0 Å². The van der Waals surface area contributed by atoms with E-state index in [-0.39, 0.29) is 11.8 Å². The van der Waals surface area contributed by atoms with Gasteiger partial charge in [-0.1, -0.05) is 24.3 Å². The van der Waals surface area contributed by atoms with Crippen molar-refractivity contribution >= 4 is 17.5 Å². The average molecular weight is 370 g/mol. The van der Waals surface area contributed by atoms with Crippen LogP contribution in [0.25, 0.3) is 0 Å². The lowest BCUT2D eigenvalue weighted by Crippen LogP contribution is -2.23. The summed E-state index contributed by atoms with van der Waals surface area (Å²) in [5.74, 6) is 1.24. The molecule has 27 heavy (non-hydrogen) atoms. The molecule has 0 heterocycles. The molecule has 0 bridgehead atoms. The molecule has 0 saturated heterocycles. The minimum Gasteiger partial charge on any atom is -0.490 e. The van der Waals surface area contributed by atoms with Crippen molar-refractivity contribution in [2.75, 3.05) is 18.5 Å². The quantitative estimate of drug-likeness (QED) is 0.628. The van der Waals surface area contributed by atoms with Crippen molar-refractivity contribution in [1.82, 2.24) is 5.32 Å². The Morgan fingerprint density at radius 3 is 2.44 bits per heavy atom. The zero-order valence-corrected chi connectivity index (χ0v) is 15.8. The van der Waals surface area contributed by atoms with E-state index < -0.39 is 0 Å². The van der Waals surface area contributed by atoms with E-state index in [0.717, 1.165) is 11.3 Å². The van der Waals surface area contributed by atoms with Crippen molar-refractivity contribution in [1.29, 1.82) is 0 Å². The van der Waals surface area contributed by atoms with E-state index >= 15 is 0 Å². The molecule has 6 nitrogen and oxygen atoms in total. The maximum atomic E-state index is 12.0. The second-order valence-electron chi connectivity index (χ2n) is 5.99. The number of hydrogen-bond acceptors (Lipinski definition) is 4. The number of benzene rings is 2. The first kappa shape index (κ1) is 20.3. The molecule has 2 rings (SSSR count). The summed E-state index contributed by atoms with van der Waals surface area (Å²) in [6.07, 6.45) is 0.987. The van der Waals surface area contributed by atoms with Crippen LogP contribution < -0.4 is 20.1 Å². The van der Waals surface area contributed by atoms with Crippen LogP contribution in [0.3, 0.4) is 0 Å². The van der Waals surface area contributed by atoms with Crippen LogP contribution in [0.4, 0.5) is 5.69 Å². The van der Waals surface area contributed by atoms with Gasteiger partial charge in [-0.3, -0.25) is 9.59 Å². The number of carbonyl (C=O) groups is 2. The molecule has 0 unspecified atom stereocenters. The zero-order valence-electron chi connectivity index (χ0n) is 15.8. The van der Waals surface area contributed by atoms with Gasteiger partial charge in [0, 0.05) is 25.6 Å². The topological polar surface area (TPSA) is 76.7 Å². The zero-order chi connectivity index (χ0) is 19.5. The fraction of sp³-hybridized carbons (Fsp3) is 0.333. The summed E-state index contributed by atoms with van der Waals surface area (Å²) < 4.78 is 11.2. The third kappa shape index (κ3) is 7.40. The van der Waals surface area contributed by atoms with Gasteiger partial charge in [-0.25, -0.2) is 0 Å². The van der Waals surface area contributed by atoms with Crippen LogP contribution in [-0.4, -0.2) is 25.0 Å². The molecule has 2 aromatic carbocycles. The lowest BCUT2D eigenvalue weighted by atomic mass is 10.2. The van der Waals surface area contributed by atoms with Crippen molar-refractivity contribution < 1.29 is 19.1 Å². The maximum Gasteiger partial charge on any atom is 0.221 e. The largest absolute Gasteiger partial charge is 0.490 e. The van der Waals surface area contributed by atoms with E-state index in [4.69, 9.17) is 9.47 Å². The first-order valence-electron chi connectivity index (χ1n) is 9.06. The average Bonchev–Trinajstić information content (AvgIpc) is 2.65. The molecule has 2 amide bonds. The molecule has 0 spiro atoms. The summed E-state index contributed by atoms with van der Waals surface area (Å²) in [6.45, 7) is 4.82. The second-order valence-corrected chi connectivity index (χ2v) is 5.99. The molecule has 0 aliphatic heterocycles. The van der Waals surface area contributed by atoms with E-state index in [1.807, 2.05) is 55.5 Å². The van der Waals surface area contributed by atoms with Gasteiger partial charge in [-0.2, -0.15) is 0 Å². The Hall–Kier alpha value is -3.02. The Balaban J connectivity index is 1.70. The molecule has 0 aliphatic rings. The SMILES string of the molecule is CCOc1ccccc1OCCCC(=O)NCc1cccc(NC(C)=O)c1. The third-order valence-electron chi connectivity index (χ3n) is 3.69. The molecule has 0 aliphatic carbocycles. The van der Waals surface area contributed by atoms with Crippen LogP contribution >= 0.6 is 0 Å². The first-order chi connectivity index (χ1) is 13.1. The number of amides is 2. The van der Waals surface area contributed by atoms with Gasteiger partial charge in [0.05, 0.1) is 13.2 Å². The minimum absolute atomic E-state index is 0.0402. The van der Waals surface area contributed by atoms with Crippen LogP contribution in [0.2, 0.25) is 0 Å². The van der Waals surface area contributed by atoms with Gasteiger partial charge < -0.3 is 20.1 Å². The number of hydrogen-bond donors (Lipinski definition) is 2. The van der Waals surface area contributed by atoms with E-state index in [0.29, 0.717) is 44.1 Å². The van der Waals surface area contributed by atoms with E-state index in [2.05, 4.69) is 10.6 Å².